The Bertz CT molecular complexity index is 751. The van der Waals surface area contributed by atoms with Gasteiger partial charge in [0, 0.05) is 37.4 Å². The second-order valence-corrected chi connectivity index (χ2v) is 5.19. The van der Waals surface area contributed by atoms with Gasteiger partial charge in [-0.2, -0.15) is 0 Å². The molecular weight excluding hydrogens is 254 g/mol. The van der Waals surface area contributed by atoms with Crippen LogP contribution < -0.4 is 10.6 Å². The molecule has 1 aromatic carbocycles. The standard InChI is InChI=1S/C15H23N3O2/c1-15(2,3)20-14(19)18-9-7-17(8-10-18)13-6-4-5-12(16)11-13/h4-6,11H,7-10,16H2,1-3H3/i7D2,8D2,9D2,10D2. The average molecular weight is 285 g/mol. The number of nitrogen functional groups attached to an aromatic ring is 1. The summed E-state index contributed by atoms with van der Waals surface area (Å²) in [4.78, 5) is 12.8. The van der Waals surface area contributed by atoms with E-state index in [-0.39, 0.29) is 16.3 Å². The highest BCUT2D eigenvalue weighted by atomic mass is 16.6. The maximum atomic E-state index is 12.6. The number of nitrogens with two attached hydrogens (primary N) is 1. The number of piperazine rings is 1. The van der Waals surface area contributed by atoms with Gasteiger partial charge in [-0.3, -0.25) is 0 Å². The summed E-state index contributed by atoms with van der Waals surface area (Å²) in [7, 11) is 0. The van der Waals surface area contributed by atoms with Gasteiger partial charge in [0.2, 0.25) is 0 Å². The van der Waals surface area contributed by atoms with Crippen LogP contribution in [0.1, 0.15) is 31.7 Å². The van der Waals surface area contributed by atoms with Crippen LogP contribution in [0, 0.1) is 0 Å². The molecular formula is C15H23N3O2. The molecule has 0 radical (unpaired) electrons. The quantitative estimate of drug-likeness (QED) is 0.805. The van der Waals surface area contributed by atoms with Crippen molar-refractivity contribution in [1.82, 2.24) is 4.90 Å². The van der Waals surface area contributed by atoms with E-state index < -0.39 is 37.7 Å². The maximum absolute atomic E-state index is 12.6. The van der Waals surface area contributed by atoms with Crippen LogP contribution >= 0.6 is 0 Å². The Kier molecular flexibility index (Phi) is 2.02. The van der Waals surface area contributed by atoms with E-state index in [1.807, 2.05) is 0 Å². The van der Waals surface area contributed by atoms with E-state index in [9.17, 15) is 4.79 Å². The van der Waals surface area contributed by atoms with Crippen molar-refractivity contribution in [2.75, 3.05) is 36.6 Å². The molecule has 0 aromatic heterocycles. The number of anilines is 2. The van der Waals surface area contributed by atoms with Gasteiger partial charge in [0.15, 0.2) is 0 Å². The van der Waals surface area contributed by atoms with Crippen molar-refractivity contribution in [2.45, 2.75) is 26.4 Å². The number of carbonyl (C=O) groups excluding carboxylic acids is 1. The molecule has 110 valence electrons. The van der Waals surface area contributed by atoms with Gasteiger partial charge in [0.25, 0.3) is 0 Å². The first-order chi connectivity index (χ1) is 12.4. The molecule has 0 atom stereocenters. The maximum Gasteiger partial charge on any atom is 0.410 e. The van der Waals surface area contributed by atoms with E-state index >= 15 is 0 Å². The fraction of sp³-hybridized carbons (Fsp3) is 0.533. The monoisotopic (exact) mass is 285 g/mol. The summed E-state index contributed by atoms with van der Waals surface area (Å²) in [6.07, 6.45) is -1.51. The topological polar surface area (TPSA) is 58.8 Å². The Labute approximate surface area is 131 Å². The van der Waals surface area contributed by atoms with E-state index in [1.54, 1.807) is 0 Å². The number of nitrogens with zero attached hydrogens (tertiary/aromatic N) is 2. The van der Waals surface area contributed by atoms with Crippen molar-refractivity contribution < 1.29 is 20.5 Å². The molecule has 1 saturated heterocycles. The lowest BCUT2D eigenvalue weighted by atomic mass is 10.2. The predicted octanol–water partition coefficient (Wildman–Crippen LogP) is 2.33. The summed E-state index contributed by atoms with van der Waals surface area (Å²) in [5, 5.41) is 0. The van der Waals surface area contributed by atoms with Crippen molar-refractivity contribution in [1.29, 1.82) is 0 Å². The predicted molar refractivity (Wildman–Crippen MR) is 80.9 cm³/mol. The van der Waals surface area contributed by atoms with E-state index in [4.69, 9.17) is 21.4 Å². The van der Waals surface area contributed by atoms with Crippen LogP contribution in [0.15, 0.2) is 24.3 Å². The highest BCUT2D eigenvalue weighted by Crippen LogP contribution is 2.20. The van der Waals surface area contributed by atoms with Gasteiger partial charge >= 0.3 is 6.09 Å². The first-order valence-corrected chi connectivity index (χ1v) is 6.06. The second kappa shape index (κ2) is 5.61. The van der Waals surface area contributed by atoms with Gasteiger partial charge < -0.3 is 20.3 Å². The zero-order valence-electron chi connectivity index (χ0n) is 19.6. The third-order valence-electron chi connectivity index (χ3n) is 2.25. The largest absolute Gasteiger partial charge is 0.444 e. The Morgan fingerprint density at radius 1 is 1.30 bits per heavy atom. The smallest absolute Gasteiger partial charge is 0.410 e. The lowest BCUT2D eigenvalue weighted by Gasteiger charge is -2.36. The number of ether oxygens (including phenoxy) is 1. The minimum atomic E-state index is -3.30. The SMILES string of the molecule is [2H]C1([2H])N(C(=O)OC(C)(C)C)C([2H])([2H])C([2H])([2H])N(c2cccc(N)c2)C1([2H])[2H]. The van der Waals surface area contributed by atoms with Crippen LogP contribution in [0.3, 0.4) is 0 Å². The lowest BCUT2D eigenvalue weighted by molar-refractivity contribution is 0.0240. The van der Waals surface area contributed by atoms with Crippen molar-refractivity contribution in [3.8, 4) is 0 Å². The molecule has 2 rings (SSSR count). The van der Waals surface area contributed by atoms with Crippen LogP contribution in [0.2, 0.25) is 0 Å². The summed E-state index contributed by atoms with van der Waals surface area (Å²) in [6.45, 7) is -8.52. The van der Waals surface area contributed by atoms with Crippen molar-refractivity contribution in [2.24, 2.45) is 0 Å². The zero-order chi connectivity index (χ0) is 21.9. The molecule has 0 unspecified atom stereocenters. The zero-order valence-corrected chi connectivity index (χ0v) is 11.6. The number of benzene rings is 1. The summed E-state index contributed by atoms with van der Waals surface area (Å²) >= 11 is 0. The molecule has 0 spiro atoms. The lowest BCUT2D eigenvalue weighted by Crippen LogP contribution is -2.50. The molecule has 2 N–H and O–H groups in total. The minimum absolute atomic E-state index is 0.145. The minimum Gasteiger partial charge on any atom is -0.444 e. The Balaban J connectivity index is 2.71. The molecule has 1 heterocycles. The Morgan fingerprint density at radius 2 is 1.95 bits per heavy atom. The molecule has 0 bridgehead atoms. The summed E-state index contributed by atoms with van der Waals surface area (Å²) < 4.78 is 71.1. The molecule has 1 amide bonds. The first kappa shape index (κ1) is 7.20. The highest BCUT2D eigenvalue weighted by Gasteiger charge is 2.25. The number of carbonyl (C=O) groups is 1. The van der Waals surface area contributed by atoms with Crippen LogP contribution in [0.25, 0.3) is 0 Å². The first-order valence-electron chi connectivity index (χ1n) is 10.1. The van der Waals surface area contributed by atoms with E-state index in [0.717, 1.165) is 0 Å². The third-order valence-corrected chi connectivity index (χ3v) is 2.25. The van der Waals surface area contributed by atoms with Crippen LogP contribution in [-0.4, -0.2) is 42.6 Å². The van der Waals surface area contributed by atoms with Gasteiger partial charge in [-0.05, 0) is 39.0 Å². The molecule has 1 aliphatic heterocycles. The fourth-order valence-electron chi connectivity index (χ4n) is 1.45. The molecule has 20 heavy (non-hydrogen) atoms. The third kappa shape index (κ3) is 3.79. The molecule has 0 aliphatic carbocycles. The summed E-state index contributed by atoms with van der Waals surface area (Å²) in [5.74, 6) is 0. The molecule has 0 saturated carbocycles. The molecule has 5 heteroatoms. The van der Waals surface area contributed by atoms with Crippen LogP contribution in [0.4, 0.5) is 16.2 Å². The summed E-state index contributed by atoms with van der Waals surface area (Å²) in [5.41, 5.74) is 4.53. The van der Waals surface area contributed by atoms with Gasteiger partial charge in [0.05, 0.1) is 11.0 Å². The van der Waals surface area contributed by atoms with E-state index in [0.29, 0.717) is 4.90 Å². The number of hydrogen-bond donors (Lipinski definition) is 1. The Hall–Kier alpha value is -1.91. The Morgan fingerprint density at radius 3 is 2.50 bits per heavy atom. The molecule has 5 nitrogen and oxygen atoms in total. The van der Waals surface area contributed by atoms with E-state index in [2.05, 4.69) is 0 Å². The van der Waals surface area contributed by atoms with Gasteiger partial charge in [-0.15, -0.1) is 0 Å². The van der Waals surface area contributed by atoms with Crippen LogP contribution in [0.5, 0.6) is 0 Å². The van der Waals surface area contributed by atoms with Crippen molar-refractivity contribution >= 4 is 17.5 Å². The van der Waals surface area contributed by atoms with Crippen molar-refractivity contribution in [3.05, 3.63) is 24.3 Å². The number of hydrogen-bond acceptors (Lipinski definition) is 4. The fourth-order valence-corrected chi connectivity index (χ4v) is 1.45. The van der Waals surface area contributed by atoms with Gasteiger partial charge in [0.1, 0.15) is 5.60 Å². The number of amides is 1. The normalized spacial score (nSPS) is 32.1. The van der Waals surface area contributed by atoms with Crippen LogP contribution in [-0.2, 0) is 4.74 Å². The van der Waals surface area contributed by atoms with Gasteiger partial charge in [-0.1, -0.05) is 6.07 Å². The van der Waals surface area contributed by atoms with Crippen molar-refractivity contribution in [3.63, 3.8) is 0 Å². The van der Waals surface area contributed by atoms with E-state index in [1.165, 1.54) is 45.0 Å². The molecule has 1 aromatic rings. The molecule has 1 aliphatic rings. The molecule has 1 fully saturated rings. The average Bonchev–Trinajstić information content (AvgIpc) is 2.42. The van der Waals surface area contributed by atoms with Gasteiger partial charge in [-0.25, -0.2) is 4.79 Å². The highest BCUT2D eigenvalue weighted by molar-refractivity contribution is 5.68. The number of rotatable bonds is 1. The second-order valence-electron chi connectivity index (χ2n) is 5.19. The summed E-state index contributed by atoms with van der Waals surface area (Å²) in [6, 6.07) is 5.35.